The molecule has 0 radical (unpaired) electrons. The lowest BCUT2D eigenvalue weighted by Crippen LogP contribution is -2.33. The summed E-state index contributed by atoms with van der Waals surface area (Å²) in [4.78, 5) is 36.5. The number of hydrogen-bond donors (Lipinski definition) is 2. The highest BCUT2D eigenvalue weighted by Crippen LogP contribution is 2.17. The molecule has 2 rings (SSSR count). The Hall–Kier alpha value is -1.89. The first kappa shape index (κ1) is 14.5. The summed E-state index contributed by atoms with van der Waals surface area (Å²) >= 11 is 1.35. The molecule has 2 amide bonds. The van der Waals surface area contributed by atoms with Crippen LogP contribution in [0.1, 0.15) is 22.5 Å². The molecule has 0 spiro atoms. The second-order valence-corrected chi connectivity index (χ2v) is 5.59. The quantitative estimate of drug-likeness (QED) is 0.841. The highest BCUT2D eigenvalue weighted by Gasteiger charge is 2.30. The topological polar surface area (TPSA) is 86.7 Å². The van der Waals surface area contributed by atoms with Crippen LogP contribution in [0.4, 0.5) is 0 Å². The summed E-state index contributed by atoms with van der Waals surface area (Å²) in [6.45, 7) is 1.02. The molecule has 0 aromatic carbocycles. The maximum Gasteiger partial charge on any atom is 0.308 e. The standard InChI is InChI=1S/C13H16N2O4S/c16-11(15-6-4-9(8-15)13(18)19)3-5-14-12(17)10-2-1-7-20-10/h1-2,7,9H,3-6,8H2,(H,14,17)(H,18,19). The molecule has 20 heavy (non-hydrogen) atoms. The molecule has 1 aromatic heterocycles. The summed E-state index contributed by atoms with van der Waals surface area (Å²) in [5, 5.41) is 13.4. The van der Waals surface area contributed by atoms with Gasteiger partial charge in [-0.2, -0.15) is 0 Å². The van der Waals surface area contributed by atoms with Crippen LogP contribution in [0.25, 0.3) is 0 Å². The number of thiophene rings is 1. The van der Waals surface area contributed by atoms with Gasteiger partial charge in [-0.05, 0) is 17.9 Å². The Morgan fingerprint density at radius 3 is 2.85 bits per heavy atom. The van der Waals surface area contributed by atoms with E-state index in [0.717, 1.165) is 0 Å². The Morgan fingerprint density at radius 2 is 2.25 bits per heavy atom. The van der Waals surface area contributed by atoms with E-state index in [1.165, 1.54) is 11.3 Å². The van der Waals surface area contributed by atoms with Crippen molar-refractivity contribution < 1.29 is 19.5 Å². The van der Waals surface area contributed by atoms with E-state index in [1.54, 1.807) is 17.0 Å². The van der Waals surface area contributed by atoms with Gasteiger partial charge in [0, 0.05) is 26.1 Å². The zero-order valence-electron chi connectivity index (χ0n) is 10.9. The molecule has 1 fully saturated rings. The molecule has 0 aliphatic carbocycles. The van der Waals surface area contributed by atoms with Crippen LogP contribution in [0.3, 0.4) is 0 Å². The molecule has 1 aliphatic heterocycles. The predicted octanol–water partition coefficient (Wildman–Crippen LogP) is 0.801. The fourth-order valence-corrected chi connectivity index (χ4v) is 2.76. The third-order valence-corrected chi connectivity index (χ3v) is 4.13. The summed E-state index contributed by atoms with van der Waals surface area (Å²) in [7, 11) is 0. The molecule has 108 valence electrons. The van der Waals surface area contributed by atoms with Crippen LogP contribution < -0.4 is 5.32 Å². The van der Waals surface area contributed by atoms with Crippen LogP contribution in [0.15, 0.2) is 17.5 Å². The number of carbonyl (C=O) groups is 3. The number of carboxylic acids is 1. The van der Waals surface area contributed by atoms with E-state index >= 15 is 0 Å². The van der Waals surface area contributed by atoms with Gasteiger partial charge in [0.25, 0.3) is 5.91 Å². The summed E-state index contributed by atoms with van der Waals surface area (Å²) in [5.41, 5.74) is 0. The number of nitrogens with zero attached hydrogens (tertiary/aromatic N) is 1. The molecule has 1 aliphatic rings. The molecule has 1 aromatic rings. The first-order valence-corrected chi connectivity index (χ1v) is 7.28. The van der Waals surface area contributed by atoms with Crippen LogP contribution in [0.2, 0.25) is 0 Å². The van der Waals surface area contributed by atoms with Gasteiger partial charge in [-0.1, -0.05) is 6.07 Å². The van der Waals surface area contributed by atoms with Gasteiger partial charge >= 0.3 is 5.97 Å². The third kappa shape index (κ3) is 3.57. The maximum absolute atomic E-state index is 11.9. The molecule has 2 N–H and O–H groups in total. The van der Waals surface area contributed by atoms with Crippen molar-refractivity contribution in [3.8, 4) is 0 Å². The van der Waals surface area contributed by atoms with E-state index in [0.29, 0.717) is 17.8 Å². The summed E-state index contributed by atoms with van der Waals surface area (Å²) < 4.78 is 0. The summed E-state index contributed by atoms with van der Waals surface area (Å²) in [6, 6.07) is 3.51. The fraction of sp³-hybridized carbons (Fsp3) is 0.462. The van der Waals surface area contributed by atoms with Gasteiger partial charge in [0.05, 0.1) is 10.8 Å². The number of amides is 2. The Kier molecular flexibility index (Phi) is 4.73. The van der Waals surface area contributed by atoms with Crippen molar-refractivity contribution in [2.24, 2.45) is 5.92 Å². The second-order valence-electron chi connectivity index (χ2n) is 4.65. The molecule has 0 saturated carbocycles. The number of likely N-dealkylation sites (tertiary alicyclic amines) is 1. The minimum Gasteiger partial charge on any atom is -0.481 e. The van der Waals surface area contributed by atoms with E-state index < -0.39 is 11.9 Å². The molecule has 1 unspecified atom stereocenters. The molecule has 1 saturated heterocycles. The zero-order valence-corrected chi connectivity index (χ0v) is 11.7. The highest BCUT2D eigenvalue weighted by molar-refractivity contribution is 7.12. The van der Waals surface area contributed by atoms with Crippen molar-refractivity contribution in [1.82, 2.24) is 10.2 Å². The number of hydrogen-bond acceptors (Lipinski definition) is 4. The van der Waals surface area contributed by atoms with Crippen molar-refractivity contribution >= 4 is 29.1 Å². The lowest BCUT2D eigenvalue weighted by molar-refractivity contribution is -0.141. The smallest absolute Gasteiger partial charge is 0.308 e. The molecular weight excluding hydrogens is 280 g/mol. The van der Waals surface area contributed by atoms with Gasteiger partial charge in [0.15, 0.2) is 0 Å². The first-order chi connectivity index (χ1) is 9.58. The van der Waals surface area contributed by atoms with Crippen molar-refractivity contribution in [2.45, 2.75) is 12.8 Å². The Balaban J connectivity index is 1.71. The van der Waals surface area contributed by atoms with Gasteiger partial charge in [-0.15, -0.1) is 11.3 Å². The number of aliphatic carboxylic acids is 1. The minimum atomic E-state index is -0.855. The average Bonchev–Trinajstić information content (AvgIpc) is 3.09. The monoisotopic (exact) mass is 296 g/mol. The van der Waals surface area contributed by atoms with Crippen LogP contribution >= 0.6 is 11.3 Å². The molecule has 1 atom stereocenters. The molecular formula is C13H16N2O4S. The lowest BCUT2D eigenvalue weighted by atomic mass is 10.1. The highest BCUT2D eigenvalue weighted by atomic mass is 32.1. The Bertz CT molecular complexity index is 500. The zero-order chi connectivity index (χ0) is 14.5. The number of carbonyl (C=O) groups excluding carboxylic acids is 2. The molecule has 7 heteroatoms. The van der Waals surface area contributed by atoms with Crippen molar-refractivity contribution in [3.05, 3.63) is 22.4 Å². The number of nitrogens with one attached hydrogen (secondary N) is 1. The maximum atomic E-state index is 11.9. The van der Waals surface area contributed by atoms with Gasteiger partial charge in [0.2, 0.25) is 5.91 Å². The molecule has 0 bridgehead atoms. The summed E-state index contributed by atoms with van der Waals surface area (Å²) in [5.74, 6) is -1.61. The molecule has 6 nitrogen and oxygen atoms in total. The number of carboxylic acid groups (broad SMARTS) is 1. The first-order valence-electron chi connectivity index (χ1n) is 6.40. The van der Waals surface area contributed by atoms with Gasteiger partial charge in [-0.3, -0.25) is 14.4 Å². The lowest BCUT2D eigenvalue weighted by Gasteiger charge is -2.15. The van der Waals surface area contributed by atoms with Crippen molar-refractivity contribution in [3.63, 3.8) is 0 Å². The average molecular weight is 296 g/mol. The van der Waals surface area contributed by atoms with Gasteiger partial charge in [0.1, 0.15) is 0 Å². The van der Waals surface area contributed by atoms with E-state index in [1.807, 2.05) is 5.38 Å². The fourth-order valence-electron chi connectivity index (χ4n) is 2.12. The van der Waals surface area contributed by atoms with E-state index in [2.05, 4.69) is 5.32 Å². The van der Waals surface area contributed by atoms with Gasteiger partial charge < -0.3 is 15.3 Å². The van der Waals surface area contributed by atoms with E-state index in [4.69, 9.17) is 5.11 Å². The van der Waals surface area contributed by atoms with Crippen molar-refractivity contribution in [1.29, 1.82) is 0 Å². The van der Waals surface area contributed by atoms with Crippen LogP contribution in [0, 0.1) is 5.92 Å². The van der Waals surface area contributed by atoms with Crippen LogP contribution in [0.5, 0.6) is 0 Å². The van der Waals surface area contributed by atoms with Crippen LogP contribution in [-0.4, -0.2) is 47.4 Å². The molecule has 2 heterocycles. The number of rotatable bonds is 5. The summed E-state index contributed by atoms with van der Waals surface area (Å²) in [6.07, 6.45) is 0.700. The van der Waals surface area contributed by atoms with E-state index in [9.17, 15) is 14.4 Å². The third-order valence-electron chi connectivity index (χ3n) is 3.26. The second kappa shape index (κ2) is 6.51. The predicted molar refractivity (Wildman–Crippen MR) is 73.6 cm³/mol. The Morgan fingerprint density at radius 1 is 1.45 bits per heavy atom. The van der Waals surface area contributed by atoms with Crippen molar-refractivity contribution in [2.75, 3.05) is 19.6 Å². The SMILES string of the molecule is O=C(NCCC(=O)N1CCC(C(=O)O)C1)c1cccs1. The normalized spacial score (nSPS) is 18.0. The Labute approximate surface area is 120 Å². The van der Waals surface area contributed by atoms with Gasteiger partial charge in [-0.25, -0.2) is 0 Å². The largest absolute Gasteiger partial charge is 0.481 e. The van der Waals surface area contributed by atoms with Crippen LogP contribution in [-0.2, 0) is 9.59 Å². The minimum absolute atomic E-state index is 0.111. The van der Waals surface area contributed by atoms with E-state index in [-0.39, 0.29) is 31.3 Å².